The van der Waals surface area contributed by atoms with Crippen molar-refractivity contribution in [3.05, 3.63) is 58.6 Å². The fourth-order valence-electron chi connectivity index (χ4n) is 1.53. The molecule has 100 valence electrons. The molecule has 0 fully saturated rings. The largest absolute Gasteiger partial charge is 0.453 e. The van der Waals surface area contributed by atoms with Crippen molar-refractivity contribution in [2.75, 3.05) is 0 Å². The van der Waals surface area contributed by atoms with Gasteiger partial charge in [0.05, 0.1) is 11.1 Å². The fraction of sp³-hybridized carbons (Fsp3) is 0.143. The van der Waals surface area contributed by atoms with Crippen LogP contribution < -0.4 is 4.74 Å². The molecule has 0 aliphatic heterocycles. The highest BCUT2D eigenvalue weighted by molar-refractivity contribution is 6.32. The maximum absolute atomic E-state index is 13.4. The second-order valence-corrected chi connectivity index (χ2v) is 4.45. The summed E-state index contributed by atoms with van der Waals surface area (Å²) in [6.45, 7) is 1.60. The van der Waals surface area contributed by atoms with Crippen LogP contribution in [0.3, 0.4) is 0 Å². The number of ether oxygens (including phenoxy) is 1. The van der Waals surface area contributed by atoms with Crippen molar-refractivity contribution in [3.63, 3.8) is 0 Å². The van der Waals surface area contributed by atoms with E-state index in [-0.39, 0.29) is 16.5 Å². The SMILES string of the molecule is C[C@@H](O)c1ccc(Oc2cc(F)ccc2F)c(Cl)c1. The monoisotopic (exact) mass is 284 g/mol. The molecular formula is C14H11ClF2O2. The molecule has 0 aliphatic carbocycles. The molecule has 2 rings (SSSR count). The number of aliphatic hydroxyl groups excluding tert-OH is 1. The van der Waals surface area contributed by atoms with E-state index in [1.807, 2.05) is 0 Å². The number of rotatable bonds is 3. The molecular weight excluding hydrogens is 274 g/mol. The van der Waals surface area contributed by atoms with E-state index in [1.54, 1.807) is 13.0 Å². The molecule has 0 unspecified atom stereocenters. The van der Waals surface area contributed by atoms with Gasteiger partial charge in [0.1, 0.15) is 11.6 Å². The molecule has 2 aromatic carbocycles. The average molecular weight is 285 g/mol. The molecule has 5 heteroatoms. The summed E-state index contributed by atoms with van der Waals surface area (Å²) in [7, 11) is 0. The normalized spacial score (nSPS) is 12.3. The lowest BCUT2D eigenvalue weighted by molar-refractivity contribution is 0.199. The smallest absolute Gasteiger partial charge is 0.166 e. The molecule has 0 heterocycles. The van der Waals surface area contributed by atoms with Gasteiger partial charge in [-0.1, -0.05) is 17.7 Å². The summed E-state index contributed by atoms with van der Waals surface area (Å²) in [6.07, 6.45) is -0.669. The summed E-state index contributed by atoms with van der Waals surface area (Å²) in [5.74, 6) is -1.34. The summed E-state index contributed by atoms with van der Waals surface area (Å²) in [5.41, 5.74) is 0.608. The van der Waals surface area contributed by atoms with E-state index in [0.717, 1.165) is 18.2 Å². The van der Waals surface area contributed by atoms with Gasteiger partial charge in [-0.3, -0.25) is 0 Å². The van der Waals surface area contributed by atoms with Gasteiger partial charge in [-0.2, -0.15) is 0 Å². The minimum atomic E-state index is -0.683. The van der Waals surface area contributed by atoms with Crippen molar-refractivity contribution in [2.45, 2.75) is 13.0 Å². The van der Waals surface area contributed by atoms with Crippen LogP contribution in [0.5, 0.6) is 11.5 Å². The Morgan fingerprint density at radius 2 is 1.84 bits per heavy atom. The molecule has 0 aromatic heterocycles. The molecule has 19 heavy (non-hydrogen) atoms. The van der Waals surface area contributed by atoms with Crippen molar-refractivity contribution in [3.8, 4) is 11.5 Å². The predicted molar refractivity (Wildman–Crippen MR) is 68.5 cm³/mol. The Morgan fingerprint density at radius 1 is 1.11 bits per heavy atom. The number of benzene rings is 2. The maximum atomic E-state index is 13.4. The van der Waals surface area contributed by atoms with Crippen LogP contribution in [0.15, 0.2) is 36.4 Å². The predicted octanol–water partition coefficient (Wildman–Crippen LogP) is 4.46. The summed E-state index contributed by atoms with van der Waals surface area (Å²) < 4.78 is 31.7. The minimum absolute atomic E-state index is 0.190. The topological polar surface area (TPSA) is 29.5 Å². The van der Waals surface area contributed by atoms with E-state index in [4.69, 9.17) is 16.3 Å². The van der Waals surface area contributed by atoms with Gasteiger partial charge in [0.2, 0.25) is 0 Å². The van der Waals surface area contributed by atoms with Crippen LogP contribution in [-0.4, -0.2) is 5.11 Å². The lowest BCUT2D eigenvalue weighted by Crippen LogP contribution is -1.94. The Kier molecular flexibility index (Phi) is 4.02. The van der Waals surface area contributed by atoms with Crippen LogP contribution in [0, 0.1) is 11.6 Å². The van der Waals surface area contributed by atoms with Gasteiger partial charge in [-0.05, 0) is 36.8 Å². The number of hydrogen-bond acceptors (Lipinski definition) is 2. The molecule has 2 aromatic rings. The molecule has 2 nitrogen and oxygen atoms in total. The highest BCUT2D eigenvalue weighted by Crippen LogP contribution is 2.33. The van der Waals surface area contributed by atoms with E-state index in [1.165, 1.54) is 12.1 Å². The average Bonchev–Trinajstić information content (AvgIpc) is 2.36. The Morgan fingerprint density at radius 3 is 2.47 bits per heavy atom. The number of halogens is 3. The van der Waals surface area contributed by atoms with Gasteiger partial charge in [0.15, 0.2) is 11.6 Å². The second-order valence-electron chi connectivity index (χ2n) is 4.04. The van der Waals surface area contributed by atoms with E-state index in [9.17, 15) is 13.9 Å². The standard InChI is InChI=1S/C14H11ClF2O2/c1-8(18)9-2-5-13(11(15)6-9)19-14-7-10(16)3-4-12(14)17/h2-8,18H,1H3/t8-/m1/s1. The fourth-order valence-corrected chi connectivity index (χ4v) is 1.76. The summed E-state index contributed by atoms with van der Waals surface area (Å²) in [4.78, 5) is 0. The molecule has 0 saturated heterocycles. The Bertz CT molecular complexity index is 600. The first-order valence-electron chi connectivity index (χ1n) is 5.58. The Labute approximate surface area is 114 Å². The molecule has 0 aliphatic rings. The lowest BCUT2D eigenvalue weighted by Gasteiger charge is -2.11. The van der Waals surface area contributed by atoms with Crippen LogP contribution in [0.4, 0.5) is 8.78 Å². The zero-order chi connectivity index (χ0) is 14.0. The van der Waals surface area contributed by atoms with Gasteiger partial charge >= 0.3 is 0 Å². The van der Waals surface area contributed by atoms with E-state index >= 15 is 0 Å². The lowest BCUT2D eigenvalue weighted by atomic mass is 10.1. The van der Waals surface area contributed by atoms with Gasteiger partial charge in [-0.25, -0.2) is 8.78 Å². The van der Waals surface area contributed by atoms with Crippen LogP contribution in [-0.2, 0) is 0 Å². The van der Waals surface area contributed by atoms with Crippen LogP contribution in [0.2, 0.25) is 5.02 Å². The molecule has 1 N–H and O–H groups in total. The summed E-state index contributed by atoms with van der Waals surface area (Å²) in [6, 6.07) is 7.52. The first kappa shape index (κ1) is 13.8. The molecule has 0 radical (unpaired) electrons. The van der Waals surface area contributed by atoms with E-state index < -0.39 is 17.7 Å². The second kappa shape index (κ2) is 5.55. The highest BCUT2D eigenvalue weighted by atomic mass is 35.5. The molecule has 0 saturated carbocycles. The van der Waals surface area contributed by atoms with Crippen LogP contribution in [0.25, 0.3) is 0 Å². The third-order valence-corrected chi connectivity index (χ3v) is 2.85. The van der Waals surface area contributed by atoms with Crippen LogP contribution >= 0.6 is 11.6 Å². The summed E-state index contributed by atoms with van der Waals surface area (Å²) in [5, 5.41) is 9.61. The van der Waals surface area contributed by atoms with Gasteiger partial charge < -0.3 is 9.84 Å². The van der Waals surface area contributed by atoms with Crippen molar-refractivity contribution in [1.29, 1.82) is 0 Å². The Hall–Kier alpha value is -1.65. The Balaban J connectivity index is 2.31. The molecule has 1 atom stereocenters. The van der Waals surface area contributed by atoms with E-state index in [2.05, 4.69) is 0 Å². The molecule has 0 amide bonds. The number of aliphatic hydroxyl groups is 1. The molecule has 0 spiro atoms. The minimum Gasteiger partial charge on any atom is -0.453 e. The van der Waals surface area contributed by atoms with Crippen molar-refractivity contribution >= 4 is 11.6 Å². The van der Waals surface area contributed by atoms with Crippen molar-refractivity contribution < 1.29 is 18.6 Å². The maximum Gasteiger partial charge on any atom is 0.166 e. The van der Waals surface area contributed by atoms with Crippen LogP contribution in [0.1, 0.15) is 18.6 Å². The zero-order valence-corrected chi connectivity index (χ0v) is 10.8. The van der Waals surface area contributed by atoms with E-state index in [0.29, 0.717) is 5.56 Å². The zero-order valence-electron chi connectivity index (χ0n) is 10.0. The highest BCUT2D eigenvalue weighted by Gasteiger charge is 2.11. The first-order valence-corrected chi connectivity index (χ1v) is 5.95. The third-order valence-electron chi connectivity index (χ3n) is 2.55. The summed E-state index contributed by atoms with van der Waals surface area (Å²) >= 11 is 5.96. The first-order chi connectivity index (χ1) is 8.97. The van der Waals surface area contributed by atoms with Gasteiger partial charge in [-0.15, -0.1) is 0 Å². The van der Waals surface area contributed by atoms with Gasteiger partial charge in [0, 0.05) is 6.07 Å². The van der Waals surface area contributed by atoms with Crippen molar-refractivity contribution in [2.24, 2.45) is 0 Å². The van der Waals surface area contributed by atoms with Gasteiger partial charge in [0.25, 0.3) is 0 Å². The molecule has 0 bridgehead atoms. The quantitative estimate of drug-likeness (QED) is 0.901. The third kappa shape index (κ3) is 3.22. The van der Waals surface area contributed by atoms with Crippen molar-refractivity contribution in [1.82, 2.24) is 0 Å². The number of hydrogen-bond donors (Lipinski definition) is 1.